The highest BCUT2D eigenvalue weighted by molar-refractivity contribution is 7.04. The number of nitrogens with zero attached hydrogens (tertiary/aromatic N) is 4. The number of rotatable bonds is 4. The van der Waals surface area contributed by atoms with Crippen LogP contribution in [0.15, 0.2) is 52.1 Å². The minimum atomic E-state index is -0.548. The number of ether oxygens (including phenoxy) is 1. The van der Waals surface area contributed by atoms with E-state index in [-0.39, 0.29) is 22.0 Å². The van der Waals surface area contributed by atoms with Crippen molar-refractivity contribution in [2.45, 2.75) is 19.3 Å². The maximum atomic E-state index is 13.1. The van der Waals surface area contributed by atoms with E-state index in [1.807, 2.05) is 12.1 Å². The zero-order chi connectivity index (χ0) is 20.2. The molecule has 1 aliphatic heterocycles. The lowest BCUT2D eigenvalue weighted by molar-refractivity contribution is 0.0716. The smallest absolute Gasteiger partial charge is 0.314 e. The van der Waals surface area contributed by atoms with Crippen LogP contribution in [0.4, 0.5) is 0 Å². The standard InChI is InChI=1S/C20H20N4O4S/c1-27-15-9-7-14(8-10-15)24-22-17(20(26)23-11-3-2-4-12-23)19(29-24)21-18(25)16-6-5-13-28-16/h5-10,13H,2-4,11-12H2,1H3. The Bertz CT molecular complexity index is 1060. The minimum Gasteiger partial charge on any atom is -0.497 e. The molecule has 4 rings (SSSR count). The lowest BCUT2D eigenvalue weighted by atomic mass is 10.1. The molecule has 0 saturated carbocycles. The van der Waals surface area contributed by atoms with Crippen molar-refractivity contribution < 1.29 is 18.7 Å². The Morgan fingerprint density at radius 1 is 1.14 bits per heavy atom. The number of methoxy groups -OCH3 is 1. The molecule has 0 atom stereocenters. The second-order valence-electron chi connectivity index (χ2n) is 6.56. The summed E-state index contributed by atoms with van der Waals surface area (Å²) in [6.07, 6.45) is 4.45. The summed E-state index contributed by atoms with van der Waals surface area (Å²) in [5.41, 5.74) is 0.919. The lowest BCUT2D eigenvalue weighted by Crippen LogP contribution is -2.37. The zero-order valence-electron chi connectivity index (χ0n) is 15.9. The van der Waals surface area contributed by atoms with Gasteiger partial charge in [-0.1, -0.05) is 0 Å². The number of hydrogen-bond acceptors (Lipinski definition) is 6. The van der Waals surface area contributed by atoms with Gasteiger partial charge in [0.05, 0.1) is 19.1 Å². The molecule has 2 amide bonds. The number of piperidine rings is 1. The second kappa shape index (κ2) is 8.44. The first kappa shape index (κ1) is 19.1. The van der Waals surface area contributed by atoms with Crippen LogP contribution in [-0.4, -0.2) is 46.1 Å². The second-order valence-corrected chi connectivity index (χ2v) is 7.48. The lowest BCUT2D eigenvalue weighted by Gasteiger charge is -2.25. The molecule has 8 nitrogen and oxygen atoms in total. The zero-order valence-corrected chi connectivity index (χ0v) is 16.7. The molecule has 1 fully saturated rings. The van der Waals surface area contributed by atoms with Crippen molar-refractivity contribution in [3.8, 4) is 11.4 Å². The van der Waals surface area contributed by atoms with Gasteiger partial charge in [0.25, 0.3) is 5.91 Å². The van der Waals surface area contributed by atoms with Gasteiger partial charge in [-0.2, -0.15) is 9.06 Å². The summed E-state index contributed by atoms with van der Waals surface area (Å²) in [6, 6.07) is 10.4. The summed E-state index contributed by atoms with van der Waals surface area (Å²) in [4.78, 5) is 31.4. The Kier molecular flexibility index (Phi) is 5.57. The van der Waals surface area contributed by atoms with Crippen LogP contribution in [0.1, 0.15) is 40.3 Å². The van der Waals surface area contributed by atoms with Gasteiger partial charge in [-0.25, -0.2) is 0 Å². The first-order chi connectivity index (χ1) is 14.2. The molecule has 29 heavy (non-hydrogen) atoms. The number of benzene rings is 1. The maximum Gasteiger partial charge on any atom is 0.314 e. The quantitative estimate of drug-likeness (QED) is 0.657. The van der Waals surface area contributed by atoms with Crippen LogP contribution in [0.3, 0.4) is 0 Å². The molecule has 0 unspecified atom stereocenters. The molecule has 0 spiro atoms. The molecule has 3 heterocycles. The van der Waals surface area contributed by atoms with Gasteiger partial charge >= 0.3 is 5.91 Å². The van der Waals surface area contributed by atoms with Crippen molar-refractivity contribution in [1.29, 1.82) is 0 Å². The van der Waals surface area contributed by atoms with Crippen LogP contribution < -0.4 is 9.41 Å². The Morgan fingerprint density at radius 2 is 1.90 bits per heavy atom. The first-order valence-electron chi connectivity index (χ1n) is 9.32. The van der Waals surface area contributed by atoms with Gasteiger partial charge in [0, 0.05) is 13.1 Å². The Morgan fingerprint density at radius 3 is 2.55 bits per heavy atom. The average molecular weight is 412 g/mol. The van der Waals surface area contributed by atoms with Crippen LogP contribution in [0, 0.1) is 0 Å². The average Bonchev–Trinajstić information content (AvgIpc) is 3.44. The fourth-order valence-electron chi connectivity index (χ4n) is 3.10. The highest BCUT2D eigenvalue weighted by Crippen LogP contribution is 2.17. The van der Waals surface area contributed by atoms with E-state index in [1.165, 1.54) is 12.3 Å². The van der Waals surface area contributed by atoms with E-state index in [1.54, 1.807) is 34.3 Å². The number of furan rings is 1. The van der Waals surface area contributed by atoms with Gasteiger partial charge in [0.15, 0.2) is 16.1 Å². The number of aromatic nitrogens is 2. The third-order valence-electron chi connectivity index (χ3n) is 4.64. The molecule has 1 saturated heterocycles. The topological polar surface area (TPSA) is 89.9 Å². The molecule has 0 radical (unpaired) electrons. The van der Waals surface area contributed by atoms with E-state index in [4.69, 9.17) is 9.15 Å². The number of likely N-dealkylation sites (tertiary alicyclic amines) is 1. The molecule has 1 aromatic carbocycles. The fraction of sp³-hybridized carbons (Fsp3) is 0.300. The number of carbonyl (C=O) groups is 2. The fourth-order valence-corrected chi connectivity index (χ4v) is 3.95. The highest BCUT2D eigenvalue weighted by atomic mass is 32.1. The van der Waals surface area contributed by atoms with Crippen molar-refractivity contribution in [1.82, 2.24) is 14.1 Å². The van der Waals surface area contributed by atoms with Crippen LogP contribution >= 0.6 is 11.5 Å². The normalized spacial score (nSPS) is 14.8. The molecule has 0 N–H and O–H groups in total. The molecule has 150 valence electrons. The third-order valence-corrected chi connectivity index (χ3v) is 5.56. The SMILES string of the molecule is COc1ccc(-n2nc(C(=O)N3CCCCC3)c(=NC(=O)c3ccco3)s2)cc1. The van der Waals surface area contributed by atoms with Crippen LogP contribution in [0.5, 0.6) is 5.75 Å². The maximum absolute atomic E-state index is 13.1. The summed E-state index contributed by atoms with van der Waals surface area (Å²) < 4.78 is 12.2. The summed E-state index contributed by atoms with van der Waals surface area (Å²) in [5, 5.41) is 4.47. The molecule has 0 aliphatic carbocycles. The van der Waals surface area contributed by atoms with Gasteiger partial charge in [-0.15, -0.1) is 5.10 Å². The first-order valence-corrected chi connectivity index (χ1v) is 10.1. The Balaban J connectivity index is 1.75. The Labute approximate surface area is 171 Å². The van der Waals surface area contributed by atoms with E-state index in [2.05, 4.69) is 10.1 Å². The molecular weight excluding hydrogens is 392 g/mol. The van der Waals surface area contributed by atoms with Crippen molar-refractivity contribution in [2.75, 3.05) is 20.2 Å². The van der Waals surface area contributed by atoms with E-state index < -0.39 is 5.91 Å². The predicted molar refractivity (Wildman–Crippen MR) is 106 cm³/mol. The molecule has 2 aromatic heterocycles. The molecule has 3 aromatic rings. The van der Waals surface area contributed by atoms with Crippen LogP contribution in [-0.2, 0) is 0 Å². The number of amides is 2. The van der Waals surface area contributed by atoms with Crippen molar-refractivity contribution in [3.63, 3.8) is 0 Å². The third kappa shape index (κ3) is 4.14. The summed E-state index contributed by atoms with van der Waals surface area (Å²) >= 11 is 1.13. The number of carbonyl (C=O) groups excluding carboxylic acids is 2. The van der Waals surface area contributed by atoms with Gasteiger partial charge in [0.1, 0.15) is 5.75 Å². The molecule has 1 aliphatic rings. The minimum absolute atomic E-state index is 0.116. The van der Waals surface area contributed by atoms with Crippen LogP contribution in [0.2, 0.25) is 0 Å². The Hall–Kier alpha value is -3.20. The van der Waals surface area contributed by atoms with Crippen molar-refractivity contribution >= 4 is 23.3 Å². The summed E-state index contributed by atoms with van der Waals surface area (Å²) in [6.45, 7) is 1.37. The highest BCUT2D eigenvalue weighted by Gasteiger charge is 2.24. The molecule has 0 bridgehead atoms. The summed E-state index contributed by atoms with van der Waals surface area (Å²) in [5.74, 6) is 0.0756. The van der Waals surface area contributed by atoms with Gasteiger partial charge in [-0.05, 0) is 67.2 Å². The van der Waals surface area contributed by atoms with E-state index >= 15 is 0 Å². The van der Waals surface area contributed by atoms with E-state index in [0.29, 0.717) is 18.8 Å². The van der Waals surface area contributed by atoms with E-state index in [0.717, 1.165) is 36.5 Å². The van der Waals surface area contributed by atoms with Gasteiger partial charge in [-0.3, -0.25) is 9.59 Å². The van der Waals surface area contributed by atoms with Crippen molar-refractivity contribution in [3.05, 3.63) is 58.8 Å². The summed E-state index contributed by atoms with van der Waals surface area (Å²) in [7, 11) is 1.60. The molecular formula is C20H20N4O4S. The van der Waals surface area contributed by atoms with Crippen molar-refractivity contribution in [2.24, 2.45) is 4.99 Å². The molecule has 9 heteroatoms. The van der Waals surface area contributed by atoms with Crippen LogP contribution in [0.25, 0.3) is 5.69 Å². The van der Waals surface area contributed by atoms with E-state index in [9.17, 15) is 9.59 Å². The predicted octanol–water partition coefficient (Wildman–Crippen LogP) is 2.90. The number of hydrogen-bond donors (Lipinski definition) is 0. The largest absolute Gasteiger partial charge is 0.497 e. The van der Waals surface area contributed by atoms with Gasteiger partial charge < -0.3 is 14.1 Å². The van der Waals surface area contributed by atoms with Gasteiger partial charge in [0.2, 0.25) is 0 Å². The monoisotopic (exact) mass is 412 g/mol.